The normalized spacial score (nSPS) is 16.0. The molecule has 0 aliphatic carbocycles. The van der Waals surface area contributed by atoms with E-state index in [0.29, 0.717) is 41.2 Å². The number of hydrogen-bond acceptors (Lipinski definition) is 7. The first kappa shape index (κ1) is 24.6. The van der Waals surface area contributed by atoms with Gasteiger partial charge in [-0.2, -0.15) is 0 Å². The number of anilines is 3. The van der Waals surface area contributed by atoms with Crippen LogP contribution in [0.25, 0.3) is 11.3 Å². The predicted octanol–water partition coefficient (Wildman–Crippen LogP) is 4.64. The van der Waals surface area contributed by atoms with E-state index in [-0.39, 0.29) is 17.3 Å². The number of nitrogens with one attached hydrogen (secondary N) is 1. The van der Waals surface area contributed by atoms with E-state index in [1.807, 2.05) is 11.9 Å². The van der Waals surface area contributed by atoms with E-state index in [2.05, 4.69) is 29.9 Å². The van der Waals surface area contributed by atoms with Gasteiger partial charge in [0.15, 0.2) is 11.6 Å². The quantitative estimate of drug-likeness (QED) is 0.497. The SMILES string of the molecule is CC1=NC(=O)c2cc(-c3nc(Nc4cc(N5CCN(C)CC5)ccc4OC(F)(F)F)ncc3F)ccc21. The van der Waals surface area contributed by atoms with Crippen LogP contribution in [0.4, 0.5) is 34.9 Å². The number of benzene rings is 2. The minimum Gasteiger partial charge on any atom is -0.404 e. The summed E-state index contributed by atoms with van der Waals surface area (Å²) in [5.74, 6) is -1.81. The fourth-order valence-electron chi connectivity index (χ4n) is 4.30. The van der Waals surface area contributed by atoms with Crippen molar-refractivity contribution in [1.29, 1.82) is 0 Å². The van der Waals surface area contributed by atoms with Crippen molar-refractivity contribution in [3.05, 3.63) is 59.5 Å². The molecular weight excluding hydrogens is 492 g/mol. The van der Waals surface area contributed by atoms with Crippen molar-refractivity contribution >= 4 is 28.9 Å². The Kier molecular flexibility index (Phi) is 6.28. The van der Waals surface area contributed by atoms with E-state index in [0.717, 1.165) is 19.3 Å². The second-order valence-electron chi connectivity index (χ2n) is 8.80. The average molecular weight is 514 g/mol. The molecule has 192 valence electrons. The van der Waals surface area contributed by atoms with Gasteiger partial charge >= 0.3 is 6.36 Å². The average Bonchev–Trinajstić information content (AvgIpc) is 3.13. The van der Waals surface area contributed by atoms with Gasteiger partial charge in [-0.15, -0.1) is 13.2 Å². The first-order valence-corrected chi connectivity index (χ1v) is 11.4. The summed E-state index contributed by atoms with van der Waals surface area (Å²) in [4.78, 5) is 28.4. The van der Waals surface area contributed by atoms with Crippen LogP contribution in [-0.4, -0.2) is 66.1 Å². The molecule has 5 rings (SSSR count). The summed E-state index contributed by atoms with van der Waals surface area (Å²) >= 11 is 0. The highest BCUT2D eigenvalue weighted by molar-refractivity contribution is 6.20. The molecule has 2 aliphatic rings. The summed E-state index contributed by atoms with van der Waals surface area (Å²) in [6.45, 7) is 4.72. The third-order valence-corrected chi connectivity index (χ3v) is 6.23. The molecule has 1 N–H and O–H groups in total. The van der Waals surface area contributed by atoms with Crippen LogP contribution in [0.2, 0.25) is 0 Å². The number of likely N-dealkylation sites (N-methyl/N-ethyl adjacent to an activating group) is 1. The van der Waals surface area contributed by atoms with Crippen molar-refractivity contribution in [2.24, 2.45) is 4.99 Å². The molecule has 1 saturated heterocycles. The van der Waals surface area contributed by atoms with Crippen molar-refractivity contribution in [3.8, 4) is 17.0 Å². The Morgan fingerprint density at radius 1 is 1.03 bits per heavy atom. The Balaban J connectivity index is 1.48. The molecule has 0 bridgehead atoms. The van der Waals surface area contributed by atoms with Crippen LogP contribution in [0, 0.1) is 5.82 Å². The number of alkyl halides is 3. The van der Waals surface area contributed by atoms with Gasteiger partial charge in [-0.25, -0.2) is 19.4 Å². The molecule has 3 aromatic rings. The number of halogens is 4. The summed E-state index contributed by atoms with van der Waals surface area (Å²) < 4.78 is 58.2. The molecular formula is C25H22F4N6O2. The number of rotatable bonds is 5. The van der Waals surface area contributed by atoms with Gasteiger partial charge in [-0.1, -0.05) is 12.1 Å². The Morgan fingerprint density at radius 2 is 1.78 bits per heavy atom. The number of carbonyl (C=O) groups is 1. The number of aromatic nitrogens is 2. The zero-order valence-electron chi connectivity index (χ0n) is 19.9. The number of ether oxygens (including phenoxy) is 1. The molecule has 3 heterocycles. The van der Waals surface area contributed by atoms with Crippen LogP contribution in [0.1, 0.15) is 22.8 Å². The molecule has 37 heavy (non-hydrogen) atoms. The largest absolute Gasteiger partial charge is 0.573 e. The Hall–Kier alpha value is -4.06. The lowest BCUT2D eigenvalue weighted by molar-refractivity contribution is -0.274. The molecule has 1 fully saturated rings. The van der Waals surface area contributed by atoms with Crippen LogP contribution in [0.5, 0.6) is 5.75 Å². The van der Waals surface area contributed by atoms with Crippen molar-refractivity contribution < 1.29 is 27.1 Å². The van der Waals surface area contributed by atoms with Crippen LogP contribution in [0.3, 0.4) is 0 Å². The number of hydrogen-bond donors (Lipinski definition) is 1. The Bertz CT molecular complexity index is 1400. The summed E-state index contributed by atoms with van der Waals surface area (Å²) in [5.41, 5.74) is 2.39. The monoisotopic (exact) mass is 514 g/mol. The number of carbonyl (C=O) groups excluding carboxylic acids is 1. The van der Waals surface area contributed by atoms with E-state index in [4.69, 9.17) is 0 Å². The Morgan fingerprint density at radius 3 is 2.51 bits per heavy atom. The topological polar surface area (TPSA) is 83.0 Å². The lowest BCUT2D eigenvalue weighted by Gasteiger charge is -2.34. The summed E-state index contributed by atoms with van der Waals surface area (Å²) in [5, 5.41) is 2.75. The molecule has 1 aromatic heterocycles. The third-order valence-electron chi connectivity index (χ3n) is 6.23. The van der Waals surface area contributed by atoms with Crippen LogP contribution >= 0.6 is 0 Å². The molecule has 12 heteroatoms. The molecule has 0 spiro atoms. The number of aliphatic imine (C=N–C) groups is 1. The van der Waals surface area contributed by atoms with Gasteiger partial charge in [0.1, 0.15) is 5.69 Å². The Labute approximate surface area is 209 Å². The second kappa shape index (κ2) is 9.43. The first-order valence-electron chi connectivity index (χ1n) is 11.4. The highest BCUT2D eigenvalue weighted by Gasteiger charge is 2.32. The number of piperazine rings is 1. The number of amides is 1. The maximum atomic E-state index is 14.7. The van der Waals surface area contributed by atoms with Gasteiger partial charge in [0.25, 0.3) is 5.91 Å². The minimum atomic E-state index is -4.92. The van der Waals surface area contributed by atoms with Gasteiger partial charge in [0.05, 0.1) is 17.4 Å². The lowest BCUT2D eigenvalue weighted by atomic mass is 10.0. The summed E-state index contributed by atoms with van der Waals surface area (Å²) in [7, 11) is 2.00. The molecule has 1 amide bonds. The highest BCUT2D eigenvalue weighted by atomic mass is 19.4. The maximum Gasteiger partial charge on any atom is 0.573 e. The van der Waals surface area contributed by atoms with Crippen molar-refractivity contribution in [1.82, 2.24) is 14.9 Å². The van der Waals surface area contributed by atoms with Crippen LogP contribution in [-0.2, 0) is 0 Å². The van der Waals surface area contributed by atoms with Crippen molar-refractivity contribution in [3.63, 3.8) is 0 Å². The van der Waals surface area contributed by atoms with E-state index in [1.54, 1.807) is 25.1 Å². The molecule has 0 saturated carbocycles. The van der Waals surface area contributed by atoms with Crippen LogP contribution in [0.15, 0.2) is 47.6 Å². The van der Waals surface area contributed by atoms with Crippen molar-refractivity contribution in [2.75, 3.05) is 43.4 Å². The van der Waals surface area contributed by atoms with E-state index < -0.39 is 23.8 Å². The molecule has 8 nitrogen and oxygen atoms in total. The molecule has 0 unspecified atom stereocenters. The van der Waals surface area contributed by atoms with Gasteiger partial charge in [0.2, 0.25) is 5.95 Å². The predicted molar refractivity (Wildman–Crippen MR) is 130 cm³/mol. The molecule has 2 aliphatic heterocycles. The molecule has 0 atom stereocenters. The zero-order chi connectivity index (χ0) is 26.3. The standard InChI is InChI=1S/C25H22F4N6O2/c1-14-17-5-3-15(11-18(17)23(36)31-14)22-19(26)13-30-24(33-22)32-20-12-16(35-9-7-34(2)8-10-35)4-6-21(20)37-25(27,28)29/h3-6,11-13H,7-10H2,1-2H3,(H,30,32,33). The minimum absolute atomic E-state index is 0.0283. The van der Waals surface area contributed by atoms with Gasteiger partial charge in [0, 0.05) is 48.7 Å². The maximum absolute atomic E-state index is 14.7. The molecule has 2 aromatic carbocycles. The van der Waals surface area contributed by atoms with Gasteiger partial charge < -0.3 is 19.9 Å². The highest BCUT2D eigenvalue weighted by Crippen LogP contribution is 2.36. The van der Waals surface area contributed by atoms with Gasteiger partial charge in [-0.3, -0.25) is 4.79 Å². The lowest BCUT2D eigenvalue weighted by Crippen LogP contribution is -2.44. The third kappa shape index (κ3) is 5.24. The summed E-state index contributed by atoms with van der Waals surface area (Å²) in [6, 6.07) is 9.03. The zero-order valence-corrected chi connectivity index (χ0v) is 19.9. The van der Waals surface area contributed by atoms with Crippen molar-refractivity contribution in [2.45, 2.75) is 13.3 Å². The number of fused-ring (bicyclic) bond motifs is 1. The van der Waals surface area contributed by atoms with Crippen LogP contribution < -0.4 is 15.0 Å². The number of nitrogens with zero attached hydrogens (tertiary/aromatic N) is 5. The molecule has 0 radical (unpaired) electrons. The first-order chi connectivity index (χ1) is 17.6. The van der Waals surface area contributed by atoms with E-state index in [1.165, 1.54) is 18.2 Å². The van der Waals surface area contributed by atoms with Gasteiger partial charge in [-0.05, 0) is 38.2 Å². The smallest absolute Gasteiger partial charge is 0.404 e. The fraction of sp³-hybridized carbons (Fsp3) is 0.280. The van der Waals surface area contributed by atoms with E-state index in [9.17, 15) is 22.4 Å². The summed E-state index contributed by atoms with van der Waals surface area (Å²) in [6.07, 6.45) is -4.01. The fourth-order valence-corrected chi connectivity index (χ4v) is 4.30. The van der Waals surface area contributed by atoms with E-state index >= 15 is 0 Å². The second-order valence-corrected chi connectivity index (χ2v) is 8.80.